The zero-order valence-electron chi connectivity index (χ0n) is 23.2. The molecule has 2 aromatic rings. The summed E-state index contributed by atoms with van der Waals surface area (Å²) in [6.07, 6.45) is -10.6. The van der Waals surface area contributed by atoms with Gasteiger partial charge in [0.1, 0.15) is 48.7 Å². The molecular formula is C26H33BrClN3O12. The zero-order chi connectivity index (χ0) is 31.7. The van der Waals surface area contributed by atoms with E-state index in [0.717, 1.165) is 6.92 Å². The lowest BCUT2D eigenvalue weighted by Crippen LogP contribution is -2.69. The second-order valence-corrected chi connectivity index (χ2v) is 11.5. The van der Waals surface area contributed by atoms with Gasteiger partial charge >= 0.3 is 0 Å². The van der Waals surface area contributed by atoms with Gasteiger partial charge in [-0.25, -0.2) is 0 Å². The molecule has 2 aliphatic rings. The molecule has 2 aliphatic heterocycles. The van der Waals surface area contributed by atoms with Crippen molar-refractivity contribution in [3.63, 3.8) is 0 Å². The Balaban J connectivity index is 1.68. The van der Waals surface area contributed by atoms with Crippen LogP contribution in [0.5, 0.6) is 5.75 Å². The molecule has 0 spiro atoms. The molecule has 2 fully saturated rings. The van der Waals surface area contributed by atoms with E-state index in [9.17, 15) is 39.9 Å². The number of hydrogen-bond donors (Lipinski definition) is 7. The van der Waals surface area contributed by atoms with Gasteiger partial charge in [0.25, 0.3) is 0 Å². The maximum Gasteiger partial charge on any atom is 0.228 e. The molecular weight excluding hydrogens is 662 g/mol. The molecule has 0 saturated carbocycles. The highest BCUT2D eigenvalue weighted by molar-refractivity contribution is 9.10. The van der Waals surface area contributed by atoms with E-state index >= 15 is 0 Å². The van der Waals surface area contributed by atoms with Crippen LogP contribution in [0.1, 0.15) is 25.6 Å². The summed E-state index contributed by atoms with van der Waals surface area (Å²) in [4.78, 5) is 36.3. The van der Waals surface area contributed by atoms with Gasteiger partial charge in [-0.05, 0) is 28.1 Å². The number of aliphatic hydroxyl groups is 5. The van der Waals surface area contributed by atoms with Crippen LogP contribution in [0.4, 0.5) is 0 Å². The smallest absolute Gasteiger partial charge is 0.228 e. The zero-order valence-corrected chi connectivity index (χ0v) is 25.6. The van der Waals surface area contributed by atoms with Crippen molar-refractivity contribution in [1.29, 1.82) is 0 Å². The minimum atomic E-state index is -1.65. The number of ether oxygens (including phenoxy) is 4. The molecule has 2 saturated heterocycles. The van der Waals surface area contributed by atoms with Gasteiger partial charge < -0.3 is 55.1 Å². The van der Waals surface area contributed by atoms with E-state index in [1.54, 1.807) is 12.1 Å². The van der Waals surface area contributed by atoms with Gasteiger partial charge in [0.15, 0.2) is 12.0 Å². The Morgan fingerprint density at radius 2 is 1.51 bits per heavy atom. The molecule has 0 aliphatic carbocycles. The molecule has 1 aromatic heterocycles. The van der Waals surface area contributed by atoms with E-state index in [2.05, 4.69) is 26.6 Å². The predicted molar refractivity (Wildman–Crippen MR) is 151 cm³/mol. The normalized spacial score (nSPS) is 32.8. The largest absolute Gasteiger partial charge is 0.460 e. The van der Waals surface area contributed by atoms with E-state index in [0.29, 0.717) is 15.4 Å². The Labute approximate surface area is 258 Å². The SMILES string of the molecule is CC(=O)NC1[C@H](O[C@@H]2C(CO)OC(Oc3cn(C(C)=O)c4ccc(Br)c(Cl)c34)C(NC(C)=O)[C@H]2O)OC(CO)[C@@H](O)[C@@H]1O. The molecule has 10 atom stereocenters. The lowest BCUT2D eigenvalue weighted by atomic mass is 9.94. The maximum atomic E-state index is 12.3. The quantitative estimate of drug-likeness (QED) is 0.177. The van der Waals surface area contributed by atoms with Crippen LogP contribution in [0.2, 0.25) is 5.02 Å². The second kappa shape index (κ2) is 13.7. The molecule has 238 valence electrons. The third kappa shape index (κ3) is 6.83. The summed E-state index contributed by atoms with van der Waals surface area (Å²) >= 11 is 9.87. The molecule has 3 heterocycles. The summed E-state index contributed by atoms with van der Waals surface area (Å²) in [7, 11) is 0. The first-order valence-corrected chi connectivity index (χ1v) is 14.4. The van der Waals surface area contributed by atoms with Gasteiger partial charge in [0.2, 0.25) is 24.0 Å². The van der Waals surface area contributed by atoms with Crippen LogP contribution in [0.3, 0.4) is 0 Å². The summed E-state index contributed by atoms with van der Waals surface area (Å²) in [5.74, 6) is -1.46. The molecule has 17 heteroatoms. The van der Waals surface area contributed by atoms with Gasteiger partial charge in [-0.2, -0.15) is 0 Å². The summed E-state index contributed by atoms with van der Waals surface area (Å²) in [6, 6.07) is 0.604. The number of hydrogen-bond acceptors (Lipinski definition) is 12. The Bertz CT molecular complexity index is 1360. The van der Waals surface area contributed by atoms with Crippen LogP contribution in [-0.4, -0.2) is 122 Å². The number of benzene rings is 1. The standard InChI is InChI=1S/C26H33BrClN3O12/c1-9(34)29-19-22(38)21(37)15(7-32)41-26(19)43-24-16(8-33)42-25(20(23(24)39)30-10(2)35)40-14-6-31(11(3)36)13-5-4-12(27)18(28)17(13)14/h4-6,15-16,19-26,32-33,37-39H,7-8H2,1-3H3,(H,29,34)(H,30,35)/t15?,16?,19?,20?,21-,22-,23-,24-,25?,26+/m1/s1. The van der Waals surface area contributed by atoms with Crippen molar-refractivity contribution >= 4 is 56.2 Å². The lowest BCUT2D eigenvalue weighted by molar-refractivity contribution is -0.325. The molecule has 2 amide bonds. The van der Waals surface area contributed by atoms with Gasteiger partial charge in [-0.15, -0.1) is 0 Å². The number of nitrogens with one attached hydrogen (secondary N) is 2. The highest BCUT2D eigenvalue weighted by atomic mass is 79.9. The molecule has 0 bridgehead atoms. The van der Waals surface area contributed by atoms with E-state index in [1.807, 2.05) is 0 Å². The Morgan fingerprint density at radius 1 is 0.930 bits per heavy atom. The van der Waals surface area contributed by atoms with Crippen molar-refractivity contribution < 1.29 is 58.9 Å². The predicted octanol–water partition coefficient (Wildman–Crippen LogP) is -0.992. The van der Waals surface area contributed by atoms with E-state index in [4.69, 9.17) is 30.5 Å². The number of halogens is 2. The van der Waals surface area contributed by atoms with Gasteiger partial charge in [0.05, 0.1) is 35.3 Å². The first-order valence-electron chi connectivity index (χ1n) is 13.2. The summed E-state index contributed by atoms with van der Waals surface area (Å²) in [5.41, 5.74) is 0.417. The minimum absolute atomic E-state index is 0.0735. The third-order valence-electron chi connectivity index (χ3n) is 7.17. The number of carbonyl (C=O) groups excluding carboxylic acids is 3. The van der Waals surface area contributed by atoms with Crippen molar-refractivity contribution in [3.8, 4) is 5.75 Å². The molecule has 15 nitrogen and oxygen atoms in total. The van der Waals surface area contributed by atoms with Crippen molar-refractivity contribution in [1.82, 2.24) is 15.2 Å². The van der Waals surface area contributed by atoms with E-state index in [-0.39, 0.29) is 16.7 Å². The molecule has 7 N–H and O–H groups in total. The van der Waals surface area contributed by atoms with Crippen LogP contribution >= 0.6 is 27.5 Å². The van der Waals surface area contributed by atoms with Gasteiger partial charge in [-0.3, -0.25) is 19.0 Å². The average Bonchev–Trinajstić information content (AvgIpc) is 3.32. The maximum absolute atomic E-state index is 12.3. The van der Waals surface area contributed by atoms with Crippen LogP contribution in [-0.2, 0) is 23.8 Å². The molecule has 43 heavy (non-hydrogen) atoms. The van der Waals surface area contributed by atoms with Crippen LogP contribution < -0.4 is 15.4 Å². The number of carbonyl (C=O) groups is 3. The molecule has 1 aromatic carbocycles. The van der Waals surface area contributed by atoms with Crippen LogP contribution in [0.15, 0.2) is 22.8 Å². The Kier molecular flexibility index (Phi) is 10.7. The summed E-state index contributed by atoms with van der Waals surface area (Å²) < 4.78 is 25.4. The average molecular weight is 695 g/mol. The first-order chi connectivity index (χ1) is 20.3. The summed E-state index contributed by atoms with van der Waals surface area (Å²) in [5, 5.41) is 57.8. The third-order valence-corrected chi connectivity index (χ3v) is 8.45. The van der Waals surface area contributed by atoms with Gasteiger partial charge in [-0.1, -0.05) is 11.6 Å². The van der Waals surface area contributed by atoms with Crippen molar-refractivity contribution in [2.24, 2.45) is 0 Å². The van der Waals surface area contributed by atoms with E-state index in [1.165, 1.54) is 24.6 Å². The van der Waals surface area contributed by atoms with Crippen molar-refractivity contribution in [2.75, 3.05) is 13.2 Å². The van der Waals surface area contributed by atoms with Crippen molar-refractivity contribution in [3.05, 3.63) is 27.8 Å². The lowest BCUT2D eigenvalue weighted by Gasteiger charge is -2.48. The highest BCUT2D eigenvalue weighted by Crippen LogP contribution is 2.40. The Morgan fingerprint density at radius 3 is 2.07 bits per heavy atom. The van der Waals surface area contributed by atoms with Gasteiger partial charge in [0, 0.05) is 25.2 Å². The van der Waals surface area contributed by atoms with Crippen molar-refractivity contribution in [2.45, 2.75) is 82.1 Å². The molecule has 5 unspecified atom stereocenters. The molecule has 4 rings (SSSR count). The number of rotatable bonds is 8. The fourth-order valence-corrected chi connectivity index (χ4v) is 5.75. The highest BCUT2D eigenvalue weighted by Gasteiger charge is 2.52. The van der Waals surface area contributed by atoms with Crippen LogP contribution in [0.25, 0.3) is 10.9 Å². The fourth-order valence-electron chi connectivity index (χ4n) is 5.17. The number of aliphatic hydroxyl groups excluding tert-OH is 5. The second-order valence-electron chi connectivity index (χ2n) is 10.2. The summed E-state index contributed by atoms with van der Waals surface area (Å²) in [6.45, 7) is 2.24. The Hall–Kier alpha value is -2.38. The number of aromatic nitrogens is 1. The fraction of sp³-hybridized carbons (Fsp3) is 0.577. The minimum Gasteiger partial charge on any atom is -0.460 e. The van der Waals surface area contributed by atoms with E-state index < -0.39 is 86.3 Å². The monoisotopic (exact) mass is 693 g/mol. The first kappa shape index (κ1) is 33.5. The number of fused-ring (bicyclic) bond motifs is 1. The number of nitrogens with zero attached hydrogens (tertiary/aromatic N) is 1. The topological polar surface area (TPSA) is 218 Å². The number of amides is 2. The molecule has 0 radical (unpaired) electrons. The van der Waals surface area contributed by atoms with Crippen LogP contribution in [0, 0.1) is 0 Å².